The Bertz CT molecular complexity index is 609. The fourth-order valence-electron chi connectivity index (χ4n) is 4.97. The zero-order chi connectivity index (χ0) is 12.6. The summed E-state index contributed by atoms with van der Waals surface area (Å²) in [4.78, 5) is 12.1. The highest BCUT2D eigenvalue weighted by Gasteiger charge is 2.54. The van der Waals surface area contributed by atoms with Crippen LogP contribution in [0.15, 0.2) is 12.1 Å². The van der Waals surface area contributed by atoms with Crippen molar-refractivity contribution in [1.82, 2.24) is 5.32 Å². The van der Waals surface area contributed by atoms with E-state index in [0.717, 1.165) is 50.1 Å². The molecule has 1 aromatic rings. The van der Waals surface area contributed by atoms with Crippen molar-refractivity contribution in [3.8, 4) is 11.5 Å². The fraction of sp³-hybridized carbons (Fsp3) is 0.562. The predicted molar refractivity (Wildman–Crippen MR) is 70.7 cm³/mol. The van der Waals surface area contributed by atoms with Gasteiger partial charge in [-0.2, -0.15) is 0 Å². The van der Waals surface area contributed by atoms with Crippen LogP contribution < -0.4 is 10.1 Å². The topological polar surface area (TPSA) is 41.6 Å². The van der Waals surface area contributed by atoms with Crippen LogP contribution in [-0.2, 0) is 16.6 Å². The molecular formula is C16H17NO2. The summed E-state index contributed by atoms with van der Waals surface area (Å²) in [6.45, 7) is 1.05. The van der Waals surface area contributed by atoms with Gasteiger partial charge >= 0.3 is 0 Å². The van der Waals surface area contributed by atoms with Crippen molar-refractivity contribution in [2.45, 2.75) is 43.6 Å². The van der Waals surface area contributed by atoms with Gasteiger partial charge in [-0.25, -0.2) is 0 Å². The van der Waals surface area contributed by atoms with Crippen LogP contribution in [0.3, 0.4) is 0 Å². The molecule has 3 atom stereocenters. The molecule has 0 unspecified atom stereocenters. The third-order valence-electron chi connectivity index (χ3n) is 5.78. The van der Waals surface area contributed by atoms with Gasteiger partial charge in [-0.1, -0.05) is 6.07 Å². The van der Waals surface area contributed by atoms with Crippen LogP contribution in [0.25, 0.3) is 0 Å². The average molecular weight is 255 g/mol. The zero-order valence-corrected chi connectivity index (χ0v) is 10.9. The lowest BCUT2D eigenvalue weighted by Gasteiger charge is -2.55. The highest BCUT2D eigenvalue weighted by molar-refractivity contribution is 5.82. The lowest BCUT2D eigenvalue weighted by atomic mass is 9.52. The molecule has 2 aliphatic carbocycles. The Morgan fingerprint density at radius 2 is 2.32 bits per heavy atom. The second-order valence-electron chi connectivity index (χ2n) is 6.55. The van der Waals surface area contributed by atoms with E-state index in [2.05, 4.69) is 17.4 Å². The van der Waals surface area contributed by atoms with Crippen LogP contribution in [0.1, 0.15) is 36.8 Å². The summed E-state index contributed by atoms with van der Waals surface area (Å²) in [5.74, 6) is 3.26. The molecule has 3 heteroatoms. The van der Waals surface area contributed by atoms with Gasteiger partial charge < -0.3 is 10.1 Å². The smallest absolute Gasteiger partial charge is 0.173 e. The highest BCUT2D eigenvalue weighted by Crippen LogP contribution is 2.59. The molecule has 2 bridgehead atoms. The van der Waals surface area contributed by atoms with E-state index in [4.69, 9.17) is 4.74 Å². The maximum atomic E-state index is 12.1. The van der Waals surface area contributed by atoms with Crippen molar-refractivity contribution >= 4 is 5.78 Å². The molecule has 19 heavy (non-hydrogen) atoms. The van der Waals surface area contributed by atoms with E-state index in [9.17, 15) is 4.79 Å². The molecule has 1 saturated carbocycles. The number of rotatable bonds is 0. The van der Waals surface area contributed by atoms with Gasteiger partial charge in [0.25, 0.3) is 0 Å². The van der Waals surface area contributed by atoms with Crippen LogP contribution in [0.5, 0.6) is 11.5 Å². The van der Waals surface area contributed by atoms with Gasteiger partial charge in [-0.05, 0) is 43.4 Å². The Balaban J connectivity index is 1.75. The Morgan fingerprint density at radius 1 is 1.37 bits per heavy atom. The minimum absolute atomic E-state index is 0.111. The highest BCUT2D eigenvalue weighted by atomic mass is 16.6. The molecule has 98 valence electrons. The first-order chi connectivity index (χ1) is 9.28. The summed E-state index contributed by atoms with van der Waals surface area (Å²) in [5, 5.41) is 3.68. The molecule has 3 nitrogen and oxygen atoms in total. The SMILES string of the molecule is O=C1CC[C@H]2[C@H]3Cc4c(ccc5c4O5)[C@@]2(CCN3)C1. The number of hydrogen-bond donors (Lipinski definition) is 1. The molecule has 2 fully saturated rings. The monoisotopic (exact) mass is 255 g/mol. The molecule has 1 aromatic carbocycles. The molecule has 0 aromatic heterocycles. The van der Waals surface area contributed by atoms with E-state index < -0.39 is 0 Å². The largest absolute Gasteiger partial charge is 0.449 e. The maximum Gasteiger partial charge on any atom is 0.173 e. The normalized spacial score (nSPS) is 37.8. The van der Waals surface area contributed by atoms with Crippen LogP contribution in [-0.4, -0.2) is 18.4 Å². The summed E-state index contributed by atoms with van der Waals surface area (Å²) in [5.41, 5.74) is 2.93. The summed E-state index contributed by atoms with van der Waals surface area (Å²) in [6, 6.07) is 4.89. The van der Waals surface area contributed by atoms with E-state index in [1.807, 2.05) is 0 Å². The molecule has 0 amide bonds. The first kappa shape index (κ1) is 10.4. The minimum Gasteiger partial charge on any atom is -0.449 e. The lowest BCUT2D eigenvalue weighted by Crippen LogP contribution is -2.60. The summed E-state index contributed by atoms with van der Waals surface area (Å²) >= 11 is 0. The zero-order valence-electron chi connectivity index (χ0n) is 10.9. The van der Waals surface area contributed by atoms with E-state index in [1.165, 1.54) is 11.1 Å². The molecule has 1 N–H and O–H groups in total. The molecule has 4 aliphatic rings. The molecule has 1 saturated heterocycles. The Hall–Kier alpha value is -1.35. The number of carbonyl (C=O) groups excluding carboxylic acids is 1. The van der Waals surface area contributed by atoms with Crippen molar-refractivity contribution in [3.63, 3.8) is 0 Å². The standard InChI is InChI=1S/C16H17NO2/c18-9-1-2-12-13-7-10-11(3-4-14-15(10)19-14)16(12,8-9)5-6-17-13/h3-4,12-13,17H,1-2,5-8H2/t12-,13+,16+/m0/s1. The van der Waals surface area contributed by atoms with Crippen LogP contribution in [0.2, 0.25) is 0 Å². The average Bonchev–Trinajstić information content (AvgIpc) is 3.17. The summed E-state index contributed by atoms with van der Waals surface area (Å²) in [7, 11) is 0. The van der Waals surface area contributed by atoms with Gasteiger partial charge in [0.15, 0.2) is 11.5 Å². The lowest BCUT2D eigenvalue weighted by molar-refractivity contribution is -0.125. The van der Waals surface area contributed by atoms with Crippen molar-refractivity contribution in [2.24, 2.45) is 5.92 Å². The van der Waals surface area contributed by atoms with Crippen LogP contribution in [0.4, 0.5) is 0 Å². The number of ether oxygens (including phenoxy) is 1. The second-order valence-corrected chi connectivity index (χ2v) is 6.55. The van der Waals surface area contributed by atoms with Gasteiger partial charge in [0.05, 0.1) is 0 Å². The van der Waals surface area contributed by atoms with Crippen LogP contribution in [0, 0.1) is 5.92 Å². The Kier molecular flexibility index (Phi) is 1.76. The molecule has 0 radical (unpaired) electrons. The van der Waals surface area contributed by atoms with Gasteiger partial charge in [-0.3, -0.25) is 4.79 Å². The predicted octanol–water partition coefficient (Wildman–Crippen LogP) is 2.32. The number of benzene rings is 1. The first-order valence-electron chi connectivity index (χ1n) is 7.37. The van der Waals surface area contributed by atoms with Gasteiger partial charge in [0.2, 0.25) is 0 Å². The number of hydrogen-bond acceptors (Lipinski definition) is 3. The van der Waals surface area contributed by atoms with Crippen molar-refractivity contribution in [1.29, 1.82) is 0 Å². The molecule has 2 heterocycles. The van der Waals surface area contributed by atoms with E-state index in [0.29, 0.717) is 17.7 Å². The van der Waals surface area contributed by atoms with Crippen molar-refractivity contribution in [2.75, 3.05) is 6.54 Å². The number of Topliss-reactive ketones (excluding diaryl/α,β-unsaturated/α-hetero) is 1. The number of fused-ring (bicyclic) bond motifs is 3. The third-order valence-corrected chi connectivity index (χ3v) is 5.78. The Labute approximate surface area is 112 Å². The number of piperidine rings is 1. The van der Waals surface area contributed by atoms with Gasteiger partial charge in [0.1, 0.15) is 5.78 Å². The summed E-state index contributed by atoms with van der Waals surface area (Å²) in [6.07, 6.45) is 4.78. The molecular weight excluding hydrogens is 238 g/mol. The van der Waals surface area contributed by atoms with Crippen molar-refractivity contribution < 1.29 is 9.53 Å². The number of nitrogens with one attached hydrogen (secondary N) is 1. The van der Waals surface area contributed by atoms with Gasteiger partial charge in [-0.15, -0.1) is 0 Å². The fourth-order valence-corrected chi connectivity index (χ4v) is 4.97. The third kappa shape index (κ3) is 1.20. The van der Waals surface area contributed by atoms with Crippen LogP contribution >= 0.6 is 0 Å². The number of ketones is 1. The minimum atomic E-state index is 0.111. The maximum absolute atomic E-state index is 12.1. The first-order valence-corrected chi connectivity index (χ1v) is 7.37. The summed E-state index contributed by atoms with van der Waals surface area (Å²) < 4.78 is 5.59. The van der Waals surface area contributed by atoms with E-state index in [-0.39, 0.29) is 5.41 Å². The quantitative estimate of drug-likeness (QED) is 0.734. The van der Waals surface area contributed by atoms with Gasteiger partial charge in [0, 0.05) is 29.9 Å². The second kappa shape index (κ2) is 3.21. The molecule has 2 aliphatic heterocycles. The molecule has 5 rings (SSSR count). The van der Waals surface area contributed by atoms with E-state index in [1.54, 1.807) is 0 Å². The van der Waals surface area contributed by atoms with E-state index >= 15 is 0 Å². The van der Waals surface area contributed by atoms with Crippen molar-refractivity contribution in [3.05, 3.63) is 23.3 Å². The Morgan fingerprint density at radius 3 is 3.26 bits per heavy atom. The molecule has 0 spiro atoms. The number of carbonyl (C=O) groups is 1.